The summed E-state index contributed by atoms with van der Waals surface area (Å²) in [7, 11) is 0. The summed E-state index contributed by atoms with van der Waals surface area (Å²) >= 11 is 0. The van der Waals surface area contributed by atoms with Crippen molar-refractivity contribution in [1.29, 1.82) is 0 Å². The summed E-state index contributed by atoms with van der Waals surface area (Å²) in [6.45, 7) is 9.96. The Balaban J connectivity index is 1.78. The van der Waals surface area contributed by atoms with E-state index >= 15 is 0 Å². The number of cyclic esters (lactones) is 1. The zero-order valence-corrected chi connectivity index (χ0v) is 11.9. The highest BCUT2D eigenvalue weighted by Gasteiger charge is 2.45. The van der Waals surface area contributed by atoms with Crippen LogP contribution in [0.25, 0.3) is 0 Å². The van der Waals surface area contributed by atoms with E-state index in [4.69, 9.17) is 9.47 Å². The standard InChI is InChI=1S/C14H25NO3/c1-13(2)9-11(14(3,4)18-13)15-7-5-10-6-8-17-12(10)16/h10-11,15H,5-9H2,1-4H3/t10-,11+/m0/s1. The molecule has 2 aliphatic heterocycles. The predicted octanol–water partition coefficient (Wildman–Crippen LogP) is 1.88. The van der Waals surface area contributed by atoms with Gasteiger partial charge in [0.2, 0.25) is 0 Å². The van der Waals surface area contributed by atoms with Gasteiger partial charge in [-0.25, -0.2) is 0 Å². The van der Waals surface area contributed by atoms with Crippen LogP contribution in [0.3, 0.4) is 0 Å². The van der Waals surface area contributed by atoms with Crippen molar-refractivity contribution in [3.63, 3.8) is 0 Å². The molecule has 0 radical (unpaired) electrons. The van der Waals surface area contributed by atoms with Crippen LogP contribution in [0.2, 0.25) is 0 Å². The normalized spacial score (nSPS) is 33.7. The van der Waals surface area contributed by atoms with E-state index in [9.17, 15) is 4.79 Å². The van der Waals surface area contributed by atoms with Gasteiger partial charge in [0, 0.05) is 6.04 Å². The van der Waals surface area contributed by atoms with Crippen molar-refractivity contribution in [3.8, 4) is 0 Å². The molecule has 0 amide bonds. The Labute approximate surface area is 109 Å². The molecule has 0 spiro atoms. The molecular formula is C14H25NO3. The first-order valence-corrected chi connectivity index (χ1v) is 6.90. The predicted molar refractivity (Wildman–Crippen MR) is 69.3 cm³/mol. The first-order chi connectivity index (χ1) is 8.30. The third-order valence-electron chi connectivity index (χ3n) is 4.00. The van der Waals surface area contributed by atoms with Crippen LogP contribution in [0.15, 0.2) is 0 Å². The molecule has 4 heteroatoms. The van der Waals surface area contributed by atoms with Gasteiger partial charge in [-0.15, -0.1) is 0 Å². The second kappa shape index (κ2) is 4.82. The molecule has 2 aliphatic rings. The zero-order chi connectivity index (χ0) is 13.4. The van der Waals surface area contributed by atoms with Crippen LogP contribution in [0.1, 0.15) is 47.0 Å². The molecule has 0 unspecified atom stereocenters. The Hall–Kier alpha value is -0.610. The topological polar surface area (TPSA) is 47.6 Å². The van der Waals surface area contributed by atoms with Gasteiger partial charge >= 0.3 is 5.97 Å². The van der Waals surface area contributed by atoms with Crippen LogP contribution in [0, 0.1) is 5.92 Å². The average Bonchev–Trinajstić information content (AvgIpc) is 2.69. The van der Waals surface area contributed by atoms with Gasteiger partial charge in [0.25, 0.3) is 0 Å². The fourth-order valence-corrected chi connectivity index (χ4v) is 3.11. The minimum absolute atomic E-state index is 0.0286. The number of hydrogen-bond acceptors (Lipinski definition) is 4. The van der Waals surface area contributed by atoms with Crippen LogP contribution >= 0.6 is 0 Å². The summed E-state index contributed by atoms with van der Waals surface area (Å²) in [6.07, 6.45) is 2.75. The number of esters is 1. The van der Waals surface area contributed by atoms with Gasteiger partial charge < -0.3 is 14.8 Å². The minimum Gasteiger partial charge on any atom is -0.465 e. The van der Waals surface area contributed by atoms with Crippen LogP contribution in [0.4, 0.5) is 0 Å². The molecule has 0 aromatic heterocycles. The first-order valence-electron chi connectivity index (χ1n) is 6.90. The number of nitrogens with one attached hydrogen (secondary N) is 1. The quantitative estimate of drug-likeness (QED) is 0.779. The molecule has 0 bridgehead atoms. The van der Waals surface area contributed by atoms with Crippen molar-refractivity contribution in [1.82, 2.24) is 5.32 Å². The molecule has 0 aromatic carbocycles. The maximum atomic E-state index is 11.4. The Kier molecular flexibility index (Phi) is 3.70. The van der Waals surface area contributed by atoms with Gasteiger partial charge in [0.05, 0.1) is 23.7 Å². The van der Waals surface area contributed by atoms with Crippen molar-refractivity contribution < 1.29 is 14.3 Å². The van der Waals surface area contributed by atoms with Crippen LogP contribution < -0.4 is 5.32 Å². The molecule has 2 fully saturated rings. The Morgan fingerprint density at radius 1 is 1.33 bits per heavy atom. The maximum Gasteiger partial charge on any atom is 0.309 e. The molecule has 104 valence electrons. The van der Waals surface area contributed by atoms with E-state index in [1.165, 1.54) is 0 Å². The van der Waals surface area contributed by atoms with E-state index < -0.39 is 0 Å². The fraction of sp³-hybridized carbons (Fsp3) is 0.929. The van der Waals surface area contributed by atoms with Crippen molar-refractivity contribution in [3.05, 3.63) is 0 Å². The van der Waals surface area contributed by atoms with Crippen LogP contribution in [0.5, 0.6) is 0 Å². The Bertz CT molecular complexity index is 325. The maximum absolute atomic E-state index is 11.4. The number of carbonyl (C=O) groups excluding carboxylic acids is 1. The lowest BCUT2D eigenvalue weighted by Gasteiger charge is -2.28. The number of ether oxygens (including phenoxy) is 2. The highest BCUT2D eigenvalue weighted by molar-refractivity contribution is 5.74. The number of carbonyl (C=O) groups is 1. The Morgan fingerprint density at radius 2 is 2.06 bits per heavy atom. The molecule has 4 nitrogen and oxygen atoms in total. The van der Waals surface area contributed by atoms with Gasteiger partial charge in [0.15, 0.2) is 0 Å². The highest BCUT2D eigenvalue weighted by Crippen LogP contribution is 2.37. The lowest BCUT2D eigenvalue weighted by molar-refractivity contribution is -0.141. The first kappa shape index (κ1) is 13.8. The van der Waals surface area contributed by atoms with Gasteiger partial charge in [-0.05, 0) is 53.5 Å². The number of rotatable bonds is 4. The van der Waals surface area contributed by atoms with Gasteiger partial charge in [0.1, 0.15) is 0 Å². The highest BCUT2D eigenvalue weighted by atomic mass is 16.5. The molecule has 0 aliphatic carbocycles. The monoisotopic (exact) mass is 255 g/mol. The van der Waals surface area contributed by atoms with E-state index in [1.807, 2.05) is 0 Å². The average molecular weight is 255 g/mol. The largest absolute Gasteiger partial charge is 0.465 e. The molecule has 1 N–H and O–H groups in total. The number of hydrogen-bond donors (Lipinski definition) is 1. The van der Waals surface area contributed by atoms with E-state index in [-0.39, 0.29) is 23.1 Å². The summed E-state index contributed by atoms with van der Waals surface area (Å²) < 4.78 is 11.0. The summed E-state index contributed by atoms with van der Waals surface area (Å²) in [5.74, 6) is 0.0648. The Morgan fingerprint density at radius 3 is 2.56 bits per heavy atom. The van der Waals surface area contributed by atoms with Gasteiger partial charge in [-0.3, -0.25) is 4.79 Å². The van der Waals surface area contributed by atoms with Crippen molar-refractivity contribution >= 4 is 5.97 Å². The third-order valence-corrected chi connectivity index (χ3v) is 4.00. The molecule has 18 heavy (non-hydrogen) atoms. The van der Waals surface area contributed by atoms with Crippen molar-refractivity contribution in [2.45, 2.75) is 64.2 Å². The summed E-state index contributed by atoms with van der Waals surface area (Å²) in [6, 6.07) is 0.352. The second-order valence-electron chi connectivity index (χ2n) is 6.62. The molecule has 2 heterocycles. The minimum atomic E-state index is -0.139. The lowest BCUT2D eigenvalue weighted by atomic mass is 9.94. The molecule has 2 atom stereocenters. The molecule has 2 saturated heterocycles. The van der Waals surface area contributed by atoms with E-state index in [2.05, 4.69) is 33.0 Å². The van der Waals surface area contributed by atoms with Gasteiger partial charge in [-0.2, -0.15) is 0 Å². The second-order valence-corrected chi connectivity index (χ2v) is 6.62. The van der Waals surface area contributed by atoms with Crippen LogP contribution in [-0.2, 0) is 14.3 Å². The van der Waals surface area contributed by atoms with Crippen molar-refractivity contribution in [2.75, 3.05) is 13.2 Å². The zero-order valence-electron chi connectivity index (χ0n) is 11.9. The van der Waals surface area contributed by atoms with E-state index in [0.717, 1.165) is 25.8 Å². The fourth-order valence-electron chi connectivity index (χ4n) is 3.11. The van der Waals surface area contributed by atoms with Crippen molar-refractivity contribution in [2.24, 2.45) is 5.92 Å². The summed E-state index contributed by atoms with van der Waals surface area (Å²) in [4.78, 5) is 11.4. The van der Waals surface area contributed by atoms with E-state index in [0.29, 0.717) is 12.6 Å². The SMILES string of the molecule is CC1(C)C[C@@H](NCC[C@H]2CCOC2=O)C(C)(C)O1. The smallest absolute Gasteiger partial charge is 0.309 e. The molecular weight excluding hydrogens is 230 g/mol. The molecule has 0 saturated carbocycles. The molecule has 2 rings (SSSR count). The molecule has 0 aromatic rings. The van der Waals surface area contributed by atoms with Crippen LogP contribution in [-0.4, -0.2) is 36.4 Å². The summed E-state index contributed by atoms with van der Waals surface area (Å²) in [5.41, 5.74) is -0.201. The lowest BCUT2D eigenvalue weighted by Crippen LogP contribution is -2.44. The third kappa shape index (κ3) is 3.04. The van der Waals surface area contributed by atoms with Gasteiger partial charge in [-0.1, -0.05) is 0 Å². The van der Waals surface area contributed by atoms with E-state index in [1.54, 1.807) is 0 Å². The summed E-state index contributed by atoms with van der Waals surface area (Å²) in [5, 5.41) is 3.54.